The average molecular weight is 265 g/mol. The van der Waals surface area contributed by atoms with Crippen molar-refractivity contribution >= 4 is 0 Å². The van der Waals surface area contributed by atoms with Crippen molar-refractivity contribution in [3.63, 3.8) is 0 Å². The first-order valence-electron chi connectivity index (χ1n) is 6.97. The number of hydrogen-bond acceptors (Lipinski definition) is 4. The van der Waals surface area contributed by atoms with E-state index in [1.54, 1.807) is 0 Å². The van der Waals surface area contributed by atoms with E-state index >= 15 is 0 Å². The molecule has 1 unspecified atom stereocenters. The van der Waals surface area contributed by atoms with Crippen molar-refractivity contribution in [2.75, 3.05) is 19.8 Å². The summed E-state index contributed by atoms with van der Waals surface area (Å²) in [6.07, 6.45) is 2.69. The summed E-state index contributed by atoms with van der Waals surface area (Å²) in [5.41, 5.74) is 8.62. The molecule has 1 aromatic rings. The Labute approximate surface area is 114 Å². The van der Waals surface area contributed by atoms with Gasteiger partial charge in [-0.25, -0.2) is 0 Å². The van der Waals surface area contributed by atoms with Gasteiger partial charge in [0.15, 0.2) is 0 Å². The summed E-state index contributed by atoms with van der Waals surface area (Å²) in [4.78, 5) is 0. The first-order chi connectivity index (χ1) is 9.20. The molecule has 0 bridgehead atoms. The van der Waals surface area contributed by atoms with E-state index in [0.717, 1.165) is 25.0 Å². The number of rotatable bonds is 6. The third-order valence-corrected chi connectivity index (χ3v) is 3.43. The number of benzene rings is 1. The zero-order valence-electron chi connectivity index (χ0n) is 11.5. The molecule has 0 spiro atoms. The Morgan fingerprint density at radius 3 is 3.05 bits per heavy atom. The van der Waals surface area contributed by atoms with Crippen LogP contribution in [0.3, 0.4) is 0 Å². The minimum Gasteiger partial charge on any atom is -0.491 e. The summed E-state index contributed by atoms with van der Waals surface area (Å²) in [5.74, 6) is 0.770. The lowest BCUT2D eigenvalue weighted by Crippen LogP contribution is -2.23. The largest absolute Gasteiger partial charge is 0.491 e. The van der Waals surface area contributed by atoms with Gasteiger partial charge in [-0.3, -0.25) is 0 Å². The van der Waals surface area contributed by atoms with E-state index in [-0.39, 0.29) is 12.6 Å². The summed E-state index contributed by atoms with van der Waals surface area (Å²) in [6.45, 7) is 3.05. The fourth-order valence-corrected chi connectivity index (χ4v) is 2.40. The molecule has 4 nitrogen and oxygen atoms in total. The number of nitrogens with two attached hydrogens (primary N) is 1. The Kier molecular flexibility index (Phi) is 5.19. The van der Waals surface area contributed by atoms with E-state index in [1.807, 2.05) is 19.1 Å². The van der Waals surface area contributed by atoms with E-state index in [4.69, 9.17) is 15.2 Å². The van der Waals surface area contributed by atoms with Crippen molar-refractivity contribution in [2.24, 2.45) is 5.73 Å². The van der Waals surface area contributed by atoms with E-state index in [9.17, 15) is 5.11 Å². The Bertz CT molecular complexity index is 408. The first-order valence-corrected chi connectivity index (χ1v) is 6.97. The Morgan fingerprint density at radius 1 is 1.42 bits per heavy atom. The summed E-state index contributed by atoms with van der Waals surface area (Å²) >= 11 is 0. The zero-order chi connectivity index (χ0) is 13.7. The molecule has 4 heteroatoms. The van der Waals surface area contributed by atoms with Gasteiger partial charge in [-0.15, -0.1) is 0 Å². The van der Waals surface area contributed by atoms with Crippen LogP contribution in [-0.4, -0.2) is 31.0 Å². The maximum absolute atomic E-state index is 9.66. The molecule has 1 aromatic carbocycles. The van der Waals surface area contributed by atoms with Crippen molar-refractivity contribution in [3.8, 4) is 5.75 Å². The van der Waals surface area contributed by atoms with Crippen LogP contribution in [0.5, 0.6) is 5.75 Å². The summed E-state index contributed by atoms with van der Waals surface area (Å²) < 4.78 is 10.7. The van der Waals surface area contributed by atoms with Crippen molar-refractivity contribution in [2.45, 2.75) is 38.3 Å². The van der Waals surface area contributed by atoms with Crippen LogP contribution in [0.25, 0.3) is 0 Å². The average Bonchev–Trinajstić information content (AvgIpc) is 2.43. The van der Waals surface area contributed by atoms with Gasteiger partial charge in [-0.05, 0) is 49.4 Å². The van der Waals surface area contributed by atoms with Crippen LogP contribution in [0.1, 0.15) is 36.9 Å². The van der Waals surface area contributed by atoms with Gasteiger partial charge in [-0.1, -0.05) is 6.07 Å². The van der Waals surface area contributed by atoms with E-state index in [1.165, 1.54) is 11.1 Å². The quantitative estimate of drug-likeness (QED) is 0.823. The molecule has 1 aliphatic carbocycles. The molecule has 2 atom stereocenters. The van der Waals surface area contributed by atoms with Gasteiger partial charge >= 0.3 is 0 Å². The normalized spacial score (nSPS) is 19.8. The number of ether oxygens (including phenoxy) is 2. The fourth-order valence-electron chi connectivity index (χ4n) is 2.40. The van der Waals surface area contributed by atoms with Gasteiger partial charge in [-0.2, -0.15) is 0 Å². The van der Waals surface area contributed by atoms with E-state index in [0.29, 0.717) is 13.2 Å². The Balaban J connectivity index is 1.92. The molecule has 19 heavy (non-hydrogen) atoms. The van der Waals surface area contributed by atoms with E-state index < -0.39 is 6.10 Å². The summed E-state index contributed by atoms with van der Waals surface area (Å²) in [6, 6.07) is 6.15. The molecule has 2 rings (SSSR count). The minimum atomic E-state index is -0.593. The van der Waals surface area contributed by atoms with Crippen molar-refractivity contribution in [1.82, 2.24) is 0 Å². The molecule has 0 saturated carbocycles. The molecule has 106 valence electrons. The predicted octanol–water partition coefficient (Wildman–Crippen LogP) is 1.80. The molecule has 0 fully saturated rings. The monoisotopic (exact) mass is 265 g/mol. The lowest BCUT2D eigenvalue weighted by molar-refractivity contribution is 0.0164. The number of aryl methyl sites for hydroxylation is 1. The molecule has 0 amide bonds. The maximum Gasteiger partial charge on any atom is 0.119 e. The Morgan fingerprint density at radius 2 is 2.26 bits per heavy atom. The molecule has 0 heterocycles. The molecular weight excluding hydrogens is 242 g/mol. The minimum absolute atomic E-state index is 0.112. The number of aliphatic hydroxyl groups excluding tert-OH is 1. The van der Waals surface area contributed by atoms with Crippen LogP contribution in [0.4, 0.5) is 0 Å². The van der Waals surface area contributed by atoms with Crippen molar-refractivity contribution < 1.29 is 14.6 Å². The summed E-state index contributed by atoms with van der Waals surface area (Å²) in [7, 11) is 0. The van der Waals surface area contributed by atoms with Crippen LogP contribution in [0.15, 0.2) is 18.2 Å². The van der Waals surface area contributed by atoms with Crippen LogP contribution >= 0.6 is 0 Å². The van der Waals surface area contributed by atoms with Gasteiger partial charge in [0, 0.05) is 12.6 Å². The molecule has 0 saturated heterocycles. The SMILES string of the molecule is CCOCC(O)COc1ccc2c(c1)[C@H](N)CCC2. The second kappa shape index (κ2) is 6.89. The van der Waals surface area contributed by atoms with E-state index in [2.05, 4.69) is 6.07 Å². The van der Waals surface area contributed by atoms with Gasteiger partial charge in [0.05, 0.1) is 6.61 Å². The van der Waals surface area contributed by atoms with Crippen LogP contribution in [0, 0.1) is 0 Å². The third kappa shape index (κ3) is 3.93. The standard InChI is InChI=1S/C15H23NO3/c1-2-18-9-12(17)10-19-13-7-6-11-4-3-5-15(16)14(11)8-13/h6-8,12,15,17H,2-5,9-10,16H2,1H3/t12?,15-/m1/s1. The third-order valence-electron chi connectivity index (χ3n) is 3.43. The predicted molar refractivity (Wildman–Crippen MR) is 74.3 cm³/mol. The van der Waals surface area contributed by atoms with Gasteiger partial charge in [0.25, 0.3) is 0 Å². The molecule has 0 aromatic heterocycles. The molecule has 1 aliphatic rings. The van der Waals surface area contributed by atoms with Gasteiger partial charge in [0.2, 0.25) is 0 Å². The van der Waals surface area contributed by atoms with Crippen molar-refractivity contribution in [3.05, 3.63) is 29.3 Å². The van der Waals surface area contributed by atoms with Gasteiger partial charge in [0.1, 0.15) is 18.5 Å². The second-order valence-electron chi connectivity index (χ2n) is 4.98. The fraction of sp³-hybridized carbons (Fsp3) is 0.600. The highest BCUT2D eigenvalue weighted by atomic mass is 16.5. The van der Waals surface area contributed by atoms with Crippen LogP contribution in [-0.2, 0) is 11.2 Å². The zero-order valence-corrected chi connectivity index (χ0v) is 11.5. The lowest BCUT2D eigenvalue weighted by Gasteiger charge is -2.23. The molecule has 0 aliphatic heterocycles. The number of fused-ring (bicyclic) bond motifs is 1. The highest BCUT2D eigenvalue weighted by Gasteiger charge is 2.17. The highest BCUT2D eigenvalue weighted by molar-refractivity contribution is 5.39. The number of aliphatic hydroxyl groups is 1. The molecule has 0 radical (unpaired) electrons. The smallest absolute Gasteiger partial charge is 0.119 e. The first kappa shape index (κ1) is 14.3. The second-order valence-corrected chi connectivity index (χ2v) is 4.98. The van der Waals surface area contributed by atoms with Crippen LogP contribution < -0.4 is 10.5 Å². The summed E-state index contributed by atoms with van der Waals surface area (Å²) in [5, 5.41) is 9.66. The molecular formula is C15H23NO3. The Hall–Kier alpha value is -1.10. The van der Waals surface area contributed by atoms with Crippen molar-refractivity contribution in [1.29, 1.82) is 0 Å². The number of hydrogen-bond donors (Lipinski definition) is 2. The lowest BCUT2D eigenvalue weighted by atomic mass is 9.88. The molecule has 3 N–H and O–H groups in total. The topological polar surface area (TPSA) is 64.7 Å². The van der Waals surface area contributed by atoms with Crippen LogP contribution in [0.2, 0.25) is 0 Å². The highest BCUT2D eigenvalue weighted by Crippen LogP contribution is 2.30. The van der Waals surface area contributed by atoms with Gasteiger partial charge < -0.3 is 20.3 Å². The maximum atomic E-state index is 9.66.